The van der Waals surface area contributed by atoms with Gasteiger partial charge in [0.2, 0.25) is 0 Å². The molecule has 7 nitrogen and oxygen atoms in total. The van der Waals surface area contributed by atoms with Gasteiger partial charge in [-0.3, -0.25) is 4.79 Å². The molecule has 0 spiro atoms. The zero-order chi connectivity index (χ0) is 15.4. The van der Waals surface area contributed by atoms with E-state index >= 15 is 0 Å². The molecule has 2 rings (SSSR count). The van der Waals surface area contributed by atoms with Crippen LogP contribution in [0.1, 0.15) is 15.9 Å². The van der Waals surface area contributed by atoms with Crippen molar-refractivity contribution in [3.8, 4) is 11.8 Å². The standard InChI is InChI=1S/C14H13N5O2/c1-21-11-4-2-3-8(6-15)12(11)19-14-10(13(17)20)5-9(16)7-18-14/h2-5,7H,16H2,1H3,(H2,17,20)(H,18,19). The number of amides is 1. The first-order valence-corrected chi connectivity index (χ1v) is 5.96. The Bertz CT molecular complexity index is 737. The molecule has 0 fully saturated rings. The van der Waals surface area contributed by atoms with Crippen LogP contribution in [0.4, 0.5) is 17.2 Å². The summed E-state index contributed by atoms with van der Waals surface area (Å²) in [6, 6.07) is 8.45. The molecule has 21 heavy (non-hydrogen) atoms. The van der Waals surface area contributed by atoms with Crippen molar-refractivity contribution < 1.29 is 9.53 Å². The Labute approximate surface area is 121 Å². The highest BCUT2D eigenvalue weighted by Gasteiger charge is 2.15. The summed E-state index contributed by atoms with van der Waals surface area (Å²) in [5.74, 6) is -0.0218. The smallest absolute Gasteiger partial charge is 0.252 e. The van der Waals surface area contributed by atoms with Crippen molar-refractivity contribution in [3.63, 3.8) is 0 Å². The molecule has 0 radical (unpaired) electrons. The molecule has 0 saturated heterocycles. The molecule has 0 aliphatic carbocycles. The highest BCUT2D eigenvalue weighted by atomic mass is 16.5. The monoisotopic (exact) mass is 283 g/mol. The van der Waals surface area contributed by atoms with Gasteiger partial charge in [0.05, 0.1) is 30.1 Å². The number of nitrogens with zero attached hydrogens (tertiary/aromatic N) is 2. The van der Waals surface area contributed by atoms with E-state index in [1.54, 1.807) is 18.2 Å². The Morgan fingerprint density at radius 3 is 2.86 bits per heavy atom. The number of nitriles is 1. The van der Waals surface area contributed by atoms with Crippen molar-refractivity contribution in [1.29, 1.82) is 5.26 Å². The Morgan fingerprint density at radius 2 is 2.24 bits per heavy atom. The third-order valence-corrected chi connectivity index (χ3v) is 2.78. The largest absolute Gasteiger partial charge is 0.495 e. The van der Waals surface area contributed by atoms with Gasteiger partial charge in [0.25, 0.3) is 5.91 Å². The van der Waals surface area contributed by atoms with E-state index in [-0.39, 0.29) is 11.4 Å². The summed E-state index contributed by atoms with van der Waals surface area (Å²) in [7, 11) is 1.48. The van der Waals surface area contributed by atoms with Crippen molar-refractivity contribution in [2.24, 2.45) is 5.73 Å². The van der Waals surface area contributed by atoms with Gasteiger partial charge >= 0.3 is 0 Å². The van der Waals surface area contributed by atoms with Crippen molar-refractivity contribution >= 4 is 23.1 Å². The zero-order valence-corrected chi connectivity index (χ0v) is 11.3. The Hall–Kier alpha value is -3.27. The van der Waals surface area contributed by atoms with E-state index in [1.807, 2.05) is 6.07 Å². The van der Waals surface area contributed by atoms with Crippen LogP contribution in [0, 0.1) is 11.3 Å². The summed E-state index contributed by atoms with van der Waals surface area (Å²) in [5.41, 5.74) is 12.1. The third kappa shape index (κ3) is 2.84. The number of nitrogens with one attached hydrogen (secondary N) is 1. The summed E-state index contributed by atoms with van der Waals surface area (Å²) >= 11 is 0. The normalized spacial score (nSPS) is 9.71. The van der Waals surface area contributed by atoms with Gasteiger partial charge in [-0.05, 0) is 18.2 Å². The molecular weight excluding hydrogens is 270 g/mol. The van der Waals surface area contributed by atoms with Crippen LogP contribution in [0.3, 0.4) is 0 Å². The highest BCUT2D eigenvalue weighted by Crippen LogP contribution is 2.31. The second-order valence-electron chi connectivity index (χ2n) is 4.15. The summed E-state index contributed by atoms with van der Waals surface area (Å²) < 4.78 is 5.20. The van der Waals surface area contributed by atoms with E-state index in [0.29, 0.717) is 22.7 Å². The molecule has 0 atom stereocenters. The molecule has 1 heterocycles. The summed E-state index contributed by atoms with van der Waals surface area (Å²) in [6.07, 6.45) is 1.39. The lowest BCUT2D eigenvalue weighted by Gasteiger charge is -2.14. The number of para-hydroxylation sites is 1. The molecule has 106 valence electrons. The maximum Gasteiger partial charge on any atom is 0.252 e. The van der Waals surface area contributed by atoms with Crippen LogP contribution in [0.5, 0.6) is 5.75 Å². The topological polar surface area (TPSA) is 127 Å². The van der Waals surface area contributed by atoms with Gasteiger partial charge in [-0.1, -0.05) is 6.07 Å². The van der Waals surface area contributed by atoms with E-state index in [9.17, 15) is 4.79 Å². The number of carbonyl (C=O) groups is 1. The number of pyridine rings is 1. The van der Waals surface area contributed by atoms with Crippen molar-refractivity contribution in [1.82, 2.24) is 4.98 Å². The zero-order valence-electron chi connectivity index (χ0n) is 11.3. The van der Waals surface area contributed by atoms with E-state index in [2.05, 4.69) is 10.3 Å². The quantitative estimate of drug-likeness (QED) is 0.778. The van der Waals surface area contributed by atoms with Crippen molar-refractivity contribution in [2.75, 3.05) is 18.2 Å². The number of rotatable bonds is 4. The van der Waals surface area contributed by atoms with Crippen LogP contribution >= 0.6 is 0 Å². The van der Waals surface area contributed by atoms with Crippen LogP contribution in [0.25, 0.3) is 0 Å². The van der Waals surface area contributed by atoms with E-state index < -0.39 is 5.91 Å². The van der Waals surface area contributed by atoms with Crippen molar-refractivity contribution in [3.05, 3.63) is 41.6 Å². The van der Waals surface area contributed by atoms with Crippen LogP contribution in [0.2, 0.25) is 0 Å². The second kappa shape index (κ2) is 5.79. The second-order valence-corrected chi connectivity index (χ2v) is 4.15. The number of aromatic nitrogens is 1. The lowest BCUT2D eigenvalue weighted by atomic mass is 10.1. The third-order valence-electron chi connectivity index (χ3n) is 2.78. The van der Waals surface area contributed by atoms with Crippen LogP contribution in [-0.2, 0) is 0 Å². The number of benzene rings is 1. The fourth-order valence-electron chi connectivity index (χ4n) is 1.81. The molecule has 1 aromatic heterocycles. The number of nitrogen functional groups attached to an aromatic ring is 1. The van der Waals surface area contributed by atoms with E-state index in [0.717, 1.165) is 0 Å². The molecule has 0 aliphatic rings. The van der Waals surface area contributed by atoms with Gasteiger partial charge in [-0.15, -0.1) is 0 Å². The molecule has 1 aromatic carbocycles. The Balaban J connectivity index is 2.53. The lowest BCUT2D eigenvalue weighted by Crippen LogP contribution is -2.15. The highest BCUT2D eigenvalue weighted by molar-refractivity contribution is 5.99. The Morgan fingerprint density at radius 1 is 1.48 bits per heavy atom. The number of ether oxygens (including phenoxy) is 1. The molecule has 1 amide bonds. The first-order valence-electron chi connectivity index (χ1n) is 5.96. The van der Waals surface area contributed by atoms with Gasteiger partial charge in [0, 0.05) is 0 Å². The molecule has 0 bridgehead atoms. The number of hydrogen-bond donors (Lipinski definition) is 3. The first-order chi connectivity index (χ1) is 10.1. The van der Waals surface area contributed by atoms with Crippen LogP contribution in [-0.4, -0.2) is 18.0 Å². The summed E-state index contributed by atoms with van der Waals surface area (Å²) in [5, 5.41) is 12.1. The van der Waals surface area contributed by atoms with E-state index in [1.165, 1.54) is 19.4 Å². The molecule has 5 N–H and O–H groups in total. The summed E-state index contributed by atoms with van der Waals surface area (Å²) in [6.45, 7) is 0. The van der Waals surface area contributed by atoms with Gasteiger partial charge in [0.15, 0.2) is 0 Å². The number of hydrogen-bond acceptors (Lipinski definition) is 6. The predicted octanol–water partition coefficient (Wildman–Crippen LogP) is 1.39. The number of nitrogens with two attached hydrogens (primary N) is 2. The molecular formula is C14H13N5O2. The maximum absolute atomic E-state index is 11.5. The Kier molecular flexibility index (Phi) is 3.90. The van der Waals surface area contributed by atoms with Gasteiger partial charge in [-0.25, -0.2) is 4.98 Å². The fourth-order valence-corrected chi connectivity index (χ4v) is 1.81. The van der Waals surface area contributed by atoms with Crippen LogP contribution in [0.15, 0.2) is 30.5 Å². The number of primary amides is 1. The van der Waals surface area contributed by atoms with Crippen molar-refractivity contribution in [2.45, 2.75) is 0 Å². The molecule has 0 aliphatic heterocycles. The molecule has 0 unspecified atom stereocenters. The predicted molar refractivity (Wildman–Crippen MR) is 78.2 cm³/mol. The van der Waals surface area contributed by atoms with Gasteiger partial charge < -0.3 is 21.5 Å². The average Bonchev–Trinajstić information content (AvgIpc) is 2.48. The maximum atomic E-state index is 11.5. The van der Waals surface area contributed by atoms with Crippen LogP contribution < -0.4 is 21.5 Å². The molecule has 7 heteroatoms. The first kappa shape index (κ1) is 14.1. The minimum Gasteiger partial charge on any atom is -0.495 e. The minimum absolute atomic E-state index is 0.129. The van der Waals surface area contributed by atoms with E-state index in [4.69, 9.17) is 21.5 Å². The SMILES string of the molecule is COc1cccc(C#N)c1Nc1ncc(N)cc1C(N)=O. The number of carbonyl (C=O) groups excluding carboxylic acids is 1. The summed E-state index contributed by atoms with van der Waals surface area (Å²) in [4.78, 5) is 15.5. The number of anilines is 3. The minimum atomic E-state index is -0.675. The molecule has 0 saturated carbocycles. The van der Waals surface area contributed by atoms with Gasteiger partial charge in [-0.2, -0.15) is 5.26 Å². The fraction of sp³-hybridized carbons (Fsp3) is 0.0714. The van der Waals surface area contributed by atoms with Gasteiger partial charge in [0.1, 0.15) is 23.3 Å². The number of methoxy groups -OCH3 is 1. The molecule has 2 aromatic rings. The average molecular weight is 283 g/mol. The lowest BCUT2D eigenvalue weighted by molar-refractivity contribution is 0.100.